The Bertz CT molecular complexity index is 980. The lowest BCUT2D eigenvalue weighted by Gasteiger charge is -2.27. The molecule has 0 fully saturated rings. The molecular weight excluding hydrogens is 359 g/mol. The van der Waals surface area contributed by atoms with Crippen LogP contribution in [0.15, 0.2) is 42.6 Å². The highest BCUT2D eigenvalue weighted by molar-refractivity contribution is 5.95. The Kier molecular flexibility index (Phi) is 4.25. The summed E-state index contributed by atoms with van der Waals surface area (Å²) in [4.78, 5) is 21.7. The van der Waals surface area contributed by atoms with E-state index in [0.29, 0.717) is 18.7 Å². The monoisotopic (exact) mass is 375 g/mol. The largest absolute Gasteiger partial charge is 0.468 e. The van der Waals surface area contributed by atoms with Gasteiger partial charge in [0.1, 0.15) is 0 Å². The van der Waals surface area contributed by atoms with E-state index in [4.69, 9.17) is 0 Å². The van der Waals surface area contributed by atoms with Gasteiger partial charge in [-0.3, -0.25) is 4.79 Å². The molecule has 5 nitrogen and oxygen atoms in total. The minimum atomic E-state index is -4.43. The van der Waals surface area contributed by atoms with Gasteiger partial charge < -0.3 is 14.6 Å². The lowest BCUT2D eigenvalue weighted by molar-refractivity contribution is -0.154. The molecule has 0 aliphatic carbocycles. The number of benzene rings is 1. The van der Waals surface area contributed by atoms with Crippen LogP contribution in [0.2, 0.25) is 0 Å². The zero-order valence-corrected chi connectivity index (χ0v) is 14.2. The zero-order chi connectivity index (χ0) is 19.0. The van der Waals surface area contributed by atoms with Crippen LogP contribution in [0.3, 0.4) is 0 Å². The van der Waals surface area contributed by atoms with Crippen LogP contribution in [0, 0.1) is 0 Å². The highest BCUT2D eigenvalue weighted by Crippen LogP contribution is 2.28. The number of nitrogens with zero attached hydrogens (tertiary/aromatic N) is 2. The summed E-state index contributed by atoms with van der Waals surface area (Å²) in [6.45, 7) is -0.377. The second-order valence-corrected chi connectivity index (χ2v) is 6.39. The van der Waals surface area contributed by atoms with E-state index >= 15 is 0 Å². The number of aromatic amines is 1. The van der Waals surface area contributed by atoms with Crippen molar-refractivity contribution in [1.29, 1.82) is 0 Å². The molecule has 140 valence electrons. The highest BCUT2D eigenvalue weighted by Gasteiger charge is 2.29. The van der Waals surface area contributed by atoms with Crippen molar-refractivity contribution in [2.45, 2.75) is 19.1 Å². The number of carbonyl (C=O) groups excluding carboxylic acids is 1. The fourth-order valence-corrected chi connectivity index (χ4v) is 3.27. The van der Waals surface area contributed by atoms with Crippen molar-refractivity contribution in [3.63, 3.8) is 0 Å². The number of fused-ring (bicyclic) bond motifs is 3. The number of pyridine rings is 1. The number of alkyl halides is 3. The Labute approximate surface area is 152 Å². The van der Waals surface area contributed by atoms with Crippen LogP contribution >= 0.6 is 0 Å². The number of amides is 1. The molecule has 0 bridgehead atoms. The van der Waals surface area contributed by atoms with Gasteiger partial charge in [0.15, 0.2) is 6.61 Å². The van der Waals surface area contributed by atoms with Gasteiger partial charge in [0.05, 0.1) is 5.56 Å². The van der Waals surface area contributed by atoms with Gasteiger partial charge >= 0.3 is 6.18 Å². The molecule has 0 radical (unpaired) electrons. The van der Waals surface area contributed by atoms with Crippen molar-refractivity contribution in [2.75, 3.05) is 13.2 Å². The maximum atomic E-state index is 12.8. The molecule has 0 saturated carbocycles. The molecule has 1 aromatic carbocycles. The van der Waals surface area contributed by atoms with Gasteiger partial charge in [-0.05, 0) is 12.1 Å². The number of hydrogen-bond donors (Lipinski definition) is 1. The number of rotatable bonds is 3. The highest BCUT2D eigenvalue weighted by atomic mass is 19.4. The molecule has 0 spiro atoms. The molecule has 2 aromatic heterocycles. The van der Waals surface area contributed by atoms with Crippen LogP contribution in [0.4, 0.5) is 13.2 Å². The fourth-order valence-electron chi connectivity index (χ4n) is 3.27. The van der Waals surface area contributed by atoms with E-state index in [1.807, 2.05) is 24.3 Å². The van der Waals surface area contributed by atoms with Gasteiger partial charge in [-0.2, -0.15) is 13.2 Å². The van der Waals surface area contributed by atoms with E-state index in [-0.39, 0.29) is 11.8 Å². The van der Waals surface area contributed by atoms with Crippen LogP contribution in [-0.2, 0) is 13.0 Å². The number of ether oxygens (including phenoxy) is 1. The quantitative estimate of drug-likeness (QED) is 0.759. The average Bonchev–Trinajstić information content (AvgIpc) is 3.03. The number of para-hydroxylation sites is 1. The van der Waals surface area contributed by atoms with Gasteiger partial charge in [0, 0.05) is 53.9 Å². The number of carbonyl (C=O) groups is 1. The summed E-state index contributed by atoms with van der Waals surface area (Å²) < 4.78 is 41.1. The molecular formula is C19H16F3N3O2. The summed E-state index contributed by atoms with van der Waals surface area (Å²) >= 11 is 0. The Balaban J connectivity index is 1.49. The van der Waals surface area contributed by atoms with Gasteiger partial charge in [0.2, 0.25) is 5.88 Å². The lowest BCUT2D eigenvalue weighted by atomic mass is 10.0. The third-order valence-electron chi connectivity index (χ3n) is 4.54. The first kappa shape index (κ1) is 17.4. The van der Waals surface area contributed by atoms with Gasteiger partial charge in [0.25, 0.3) is 5.91 Å². The molecule has 27 heavy (non-hydrogen) atoms. The van der Waals surface area contributed by atoms with Crippen LogP contribution in [0.5, 0.6) is 5.88 Å². The number of hydrogen-bond acceptors (Lipinski definition) is 3. The molecule has 0 unspecified atom stereocenters. The standard InChI is InChI=1S/C19H16F3N3O2/c20-19(21,22)11-27-17-6-5-12(9-23-17)18(26)25-8-7-16-14(10-25)13-3-1-2-4-15(13)24-16/h1-6,9,24H,7-8,10-11H2. The first-order chi connectivity index (χ1) is 12.9. The Morgan fingerprint density at radius 3 is 2.78 bits per heavy atom. The molecule has 4 rings (SSSR count). The topological polar surface area (TPSA) is 58.2 Å². The third kappa shape index (κ3) is 3.60. The van der Waals surface area contributed by atoms with Gasteiger partial charge in [-0.15, -0.1) is 0 Å². The van der Waals surface area contributed by atoms with E-state index in [1.54, 1.807) is 4.90 Å². The number of nitrogens with one attached hydrogen (secondary N) is 1. The molecule has 1 aliphatic heterocycles. The summed E-state index contributed by atoms with van der Waals surface area (Å²) in [5.74, 6) is -0.373. The van der Waals surface area contributed by atoms with Crippen molar-refractivity contribution < 1.29 is 22.7 Å². The van der Waals surface area contributed by atoms with E-state index < -0.39 is 12.8 Å². The fraction of sp³-hybridized carbons (Fsp3) is 0.263. The molecule has 0 atom stereocenters. The van der Waals surface area contributed by atoms with Crippen LogP contribution in [0.1, 0.15) is 21.6 Å². The summed E-state index contributed by atoms with van der Waals surface area (Å²) in [6.07, 6.45) is -2.46. The SMILES string of the molecule is O=C(c1ccc(OCC(F)(F)F)nc1)N1CCc2[nH]c3ccccc3c2C1. The van der Waals surface area contributed by atoms with Crippen molar-refractivity contribution in [1.82, 2.24) is 14.9 Å². The minimum Gasteiger partial charge on any atom is -0.468 e. The summed E-state index contributed by atoms with van der Waals surface area (Å²) in [7, 11) is 0. The van der Waals surface area contributed by atoms with Crippen LogP contribution < -0.4 is 4.74 Å². The first-order valence-electron chi connectivity index (χ1n) is 8.44. The molecule has 1 N–H and O–H groups in total. The number of aromatic nitrogens is 2. The van der Waals surface area contributed by atoms with Crippen molar-refractivity contribution in [2.24, 2.45) is 0 Å². The van der Waals surface area contributed by atoms with E-state index in [0.717, 1.165) is 28.6 Å². The summed E-state index contributed by atoms with van der Waals surface area (Å²) in [6, 6.07) is 10.7. The smallest absolute Gasteiger partial charge is 0.422 e. The second kappa shape index (κ2) is 6.61. The van der Waals surface area contributed by atoms with E-state index in [1.165, 1.54) is 18.3 Å². The number of halogens is 3. The van der Waals surface area contributed by atoms with Crippen molar-refractivity contribution >= 4 is 16.8 Å². The molecule has 3 aromatic rings. The zero-order valence-electron chi connectivity index (χ0n) is 14.2. The molecule has 3 heterocycles. The normalized spacial score (nSPS) is 14.3. The Morgan fingerprint density at radius 1 is 1.22 bits per heavy atom. The molecule has 0 saturated heterocycles. The second-order valence-electron chi connectivity index (χ2n) is 6.39. The maximum Gasteiger partial charge on any atom is 0.422 e. The first-order valence-corrected chi connectivity index (χ1v) is 8.44. The Hall–Kier alpha value is -3.03. The minimum absolute atomic E-state index is 0.165. The predicted octanol–water partition coefficient (Wildman–Crippen LogP) is 3.70. The van der Waals surface area contributed by atoms with E-state index in [9.17, 15) is 18.0 Å². The maximum absolute atomic E-state index is 12.8. The van der Waals surface area contributed by atoms with Gasteiger partial charge in [-0.25, -0.2) is 4.98 Å². The molecule has 8 heteroatoms. The molecule has 1 aliphatic rings. The molecule has 1 amide bonds. The van der Waals surface area contributed by atoms with Gasteiger partial charge in [-0.1, -0.05) is 18.2 Å². The number of H-pyrrole nitrogens is 1. The van der Waals surface area contributed by atoms with Crippen molar-refractivity contribution in [3.8, 4) is 5.88 Å². The van der Waals surface area contributed by atoms with E-state index in [2.05, 4.69) is 14.7 Å². The summed E-state index contributed by atoms with van der Waals surface area (Å²) in [5, 5.41) is 1.10. The summed E-state index contributed by atoms with van der Waals surface area (Å²) in [5.41, 5.74) is 3.60. The lowest BCUT2D eigenvalue weighted by Crippen LogP contribution is -2.35. The third-order valence-corrected chi connectivity index (χ3v) is 4.54. The average molecular weight is 375 g/mol. The van der Waals surface area contributed by atoms with Crippen LogP contribution in [0.25, 0.3) is 10.9 Å². The predicted molar refractivity (Wildman–Crippen MR) is 92.5 cm³/mol. The Morgan fingerprint density at radius 2 is 2.04 bits per heavy atom. The van der Waals surface area contributed by atoms with Crippen molar-refractivity contribution in [3.05, 3.63) is 59.4 Å². The van der Waals surface area contributed by atoms with Crippen LogP contribution in [-0.4, -0.2) is 40.1 Å².